The van der Waals surface area contributed by atoms with Crippen LogP contribution in [0, 0.1) is 0 Å². The summed E-state index contributed by atoms with van der Waals surface area (Å²) >= 11 is 0. The van der Waals surface area contributed by atoms with E-state index in [0.29, 0.717) is 16.9 Å². The van der Waals surface area contributed by atoms with Crippen molar-refractivity contribution in [2.24, 2.45) is 0 Å². The van der Waals surface area contributed by atoms with E-state index >= 15 is 0 Å². The van der Waals surface area contributed by atoms with Crippen molar-refractivity contribution >= 4 is 33.1 Å². The van der Waals surface area contributed by atoms with Crippen LogP contribution in [0.2, 0.25) is 0 Å². The molecule has 7 heteroatoms. The average molecular weight is 360 g/mol. The highest BCUT2D eigenvalue weighted by Crippen LogP contribution is 2.21. The minimum atomic E-state index is -3.66. The standard InChI is InChI=1S/C18H20N2O4S/c1-13(20(25(3,23)24)17-10-5-4-6-11-17)18(22)19-16-9-7-8-15(12-16)14(2)21/h4-13H,1-3H3,(H,19,22). The quantitative estimate of drug-likeness (QED) is 0.803. The number of benzene rings is 2. The molecule has 132 valence electrons. The number of sulfonamides is 1. The number of carbonyl (C=O) groups is 2. The third kappa shape index (κ3) is 4.67. The fraction of sp³-hybridized carbons (Fsp3) is 0.222. The lowest BCUT2D eigenvalue weighted by molar-refractivity contribution is -0.116. The molecule has 0 heterocycles. The predicted octanol–water partition coefficient (Wildman–Crippen LogP) is 2.68. The van der Waals surface area contributed by atoms with Gasteiger partial charge in [0, 0.05) is 11.3 Å². The zero-order chi connectivity index (χ0) is 18.6. The monoisotopic (exact) mass is 360 g/mol. The van der Waals surface area contributed by atoms with Crippen molar-refractivity contribution in [1.29, 1.82) is 0 Å². The molecule has 0 fully saturated rings. The second kappa shape index (κ2) is 7.48. The number of Topliss-reactive ketones (excluding diaryl/α,β-unsaturated/α-hetero) is 1. The van der Waals surface area contributed by atoms with Crippen LogP contribution in [0.3, 0.4) is 0 Å². The number of anilines is 2. The first-order valence-electron chi connectivity index (χ1n) is 7.66. The van der Waals surface area contributed by atoms with Crippen LogP contribution in [-0.4, -0.2) is 32.4 Å². The minimum Gasteiger partial charge on any atom is -0.324 e. The molecule has 0 aromatic heterocycles. The molecule has 2 rings (SSSR count). The maximum Gasteiger partial charge on any atom is 0.247 e. The second-order valence-corrected chi connectivity index (χ2v) is 7.56. The Hall–Kier alpha value is -2.67. The van der Waals surface area contributed by atoms with Crippen LogP contribution in [0.4, 0.5) is 11.4 Å². The number of para-hydroxylation sites is 1. The molecule has 0 aliphatic heterocycles. The molecule has 1 amide bonds. The van der Waals surface area contributed by atoms with Gasteiger partial charge >= 0.3 is 0 Å². The molecule has 0 spiro atoms. The van der Waals surface area contributed by atoms with Crippen LogP contribution >= 0.6 is 0 Å². The Morgan fingerprint density at radius 2 is 1.68 bits per heavy atom. The van der Waals surface area contributed by atoms with Gasteiger partial charge in [-0.25, -0.2) is 8.42 Å². The van der Waals surface area contributed by atoms with Gasteiger partial charge in [-0.2, -0.15) is 0 Å². The zero-order valence-corrected chi connectivity index (χ0v) is 15.1. The molecule has 1 N–H and O–H groups in total. The first-order chi connectivity index (χ1) is 11.7. The number of nitrogens with one attached hydrogen (secondary N) is 1. The van der Waals surface area contributed by atoms with E-state index in [4.69, 9.17) is 0 Å². The molecular formula is C18H20N2O4S. The maximum absolute atomic E-state index is 12.6. The molecule has 1 atom stereocenters. The molecule has 0 saturated heterocycles. The lowest BCUT2D eigenvalue weighted by Gasteiger charge is -2.28. The van der Waals surface area contributed by atoms with Crippen molar-refractivity contribution in [3.05, 3.63) is 60.2 Å². The second-order valence-electron chi connectivity index (χ2n) is 5.70. The molecule has 0 radical (unpaired) electrons. The fourth-order valence-corrected chi connectivity index (χ4v) is 3.62. The lowest BCUT2D eigenvalue weighted by atomic mass is 10.1. The van der Waals surface area contributed by atoms with E-state index in [-0.39, 0.29) is 5.78 Å². The maximum atomic E-state index is 12.6. The van der Waals surface area contributed by atoms with Gasteiger partial charge in [0.2, 0.25) is 15.9 Å². The van der Waals surface area contributed by atoms with E-state index in [0.717, 1.165) is 10.6 Å². The van der Waals surface area contributed by atoms with Gasteiger partial charge < -0.3 is 5.32 Å². The Bertz CT molecular complexity index is 879. The van der Waals surface area contributed by atoms with Gasteiger partial charge in [0.1, 0.15) is 6.04 Å². The summed E-state index contributed by atoms with van der Waals surface area (Å²) < 4.78 is 25.4. The van der Waals surface area contributed by atoms with Gasteiger partial charge in [0.15, 0.2) is 5.78 Å². The number of carbonyl (C=O) groups excluding carboxylic acids is 2. The van der Waals surface area contributed by atoms with Gasteiger partial charge in [-0.1, -0.05) is 30.3 Å². The largest absolute Gasteiger partial charge is 0.324 e. The van der Waals surface area contributed by atoms with Crippen molar-refractivity contribution in [2.75, 3.05) is 15.9 Å². The van der Waals surface area contributed by atoms with Gasteiger partial charge in [0.25, 0.3) is 0 Å². The van der Waals surface area contributed by atoms with Crippen LogP contribution in [0.5, 0.6) is 0 Å². The number of hydrogen-bond acceptors (Lipinski definition) is 4. The van der Waals surface area contributed by atoms with E-state index in [9.17, 15) is 18.0 Å². The normalized spacial score (nSPS) is 12.3. The molecule has 6 nitrogen and oxygen atoms in total. The lowest BCUT2D eigenvalue weighted by Crippen LogP contribution is -2.45. The average Bonchev–Trinajstić information content (AvgIpc) is 2.54. The first-order valence-corrected chi connectivity index (χ1v) is 9.51. The van der Waals surface area contributed by atoms with Crippen molar-refractivity contribution in [3.8, 4) is 0 Å². The molecule has 0 aliphatic carbocycles. The summed E-state index contributed by atoms with van der Waals surface area (Å²) in [6, 6.07) is 14.0. The number of nitrogens with zero attached hydrogens (tertiary/aromatic N) is 1. The summed E-state index contributed by atoms with van der Waals surface area (Å²) in [6.45, 7) is 2.95. The number of ketones is 1. The van der Waals surface area contributed by atoms with Gasteiger partial charge in [-0.3, -0.25) is 13.9 Å². The smallest absolute Gasteiger partial charge is 0.247 e. The van der Waals surface area contributed by atoms with Crippen LogP contribution < -0.4 is 9.62 Å². The number of hydrogen-bond donors (Lipinski definition) is 1. The number of rotatable bonds is 6. The van der Waals surface area contributed by atoms with E-state index in [1.165, 1.54) is 13.8 Å². The highest BCUT2D eigenvalue weighted by atomic mass is 32.2. The summed E-state index contributed by atoms with van der Waals surface area (Å²) in [5.41, 5.74) is 1.31. The SMILES string of the molecule is CC(=O)c1cccc(NC(=O)C(C)N(c2ccccc2)S(C)(=O)=O)c1. The number of amides is 1. The molecule has 0 aliphatic rings. The molecule has 2 aromatic rings. The van der Waals surface area contributed by atoms with Crippen LogP contribution in [0.15, 0.2) is 54.6 Å². The first kappa shape index (κ1) is 18.7. The fourth-order valence-electron chi connectivity index (χ4n) is 2.45. The zero-order valence-electron chi connectivity index (χ0n) is 14.3. The van der Waals surface area contributed by atoms with Gasteiger partial charge in [-0.15, -0.1) is 0 Å². The Morgan fingerprint density at radius 1 is 1.04 bits per heavy atom. The Labute approximate surface area is 147 Å². The van der Waals surface area contributed by atoms with Gasteiger partial charge in [0.05, 0.1) is 11.9 Å². The summed E-state index contributed by atoms with van der Waals surface area (Å²) in [5.74, 6) is -0.610. The molecule has 0 bridgehead atoms. The van der Waals surface area contributed by atoms with Crippen molar-refractivity contribution < 1.29 is 18.0 Å². The van der Waals surface area contributed by atoms with Crippen LogP contribution in [0.25, 0.3) is 0 Å². The van der Waals surface area contributed by atoms with Crippen LogP contribution in [0.1, 0.15) is 24.2 Å². The van der Waals surface area contributed by atoms with Crippen molar-refractivity contribution in [1.82, 2.24) is 0 Å². The van der Waals surface area contributed by atoms with Crippen molar-refractivity contribution in [2.45, 2.75) is 19.9 Å². The van der Waals surface area contributed by atoms with Gasteiger partial charge in [-0.05, 0) is 38.1 Å². The molecule has 0 saturated carbocycles. The third-order valence-corrected chi connectivity index (χ3v) is 4.88. The van der Waals surface area contributed by atoms with Crippen molar-refractivity contribution in [3.63, 3.8) is 0 Å². The predicted molar refractivity (Wildman–Crippen MR) is 98.3 cm³/mol. The van der Waals surface area contributed by atoms with Crippen LogP contribution in [-0.2, 0) is 14.8 Å². The molecule has 2 aromatic carbocycles. The molecule has 25 heavy (non-hydrogen) atoms. The Balaban J connectivity index is 2.28. The highest BCUT2D eigenvalue weighted by Gasteiger charge is 2.29. The summed E-state index contributed by atoms with van der Waals surface area (Å²) in [4.78, 5) is 24.0. The highest BCUT2D eigenvalue weighted by molar-refractivity contribution is 7.92. The van der Waals surface area contributed by atoms with E-state index in [1.54, 1.807) is 54.6 Å². The minimum absolute atomic E-state index is 0.119. The third-order valence-electron chi connectivity index (χ3n) is 3.64. The Morgan fingerprint density at radius 3 is 2.24 bits per heavy atom. The molecule has 1 unspecified atom stereocenters. The molecular weight excluding hydrogens is 340 g/mol. The summed E-state index contributed by atoms with van der Waals surface area (Å²) in [7, 11) is -3.66. The summed E-state index contributed by atoms with van der Waals surface area (Å²) in [6.07, 6.45) is 1.06. The van der Waals surface area contributed by atoms with E-state index < -0.39 is 22.0 Å². The Kier molecular flexibility index (Phi) is 5.58. The topological polar surface area (TPSA) is 83.6 Å². The van der Waals surface area contributed by atoms with E-state index in [1.807, 2.05) is 0 Å². The summed E-state index contributed by atoms with van der Waals surface area (Å²) in [5, 5.41) is 2.66. The van der Waals surface area contributed by atoms with E-state index in [2.05, 4.69) is 5.32 Å².